The molecule has 1 amide bonds. The first-order valence-corrected chi connectivity index (χ1v) is 11.4. The Morgan fingerprint density at radius 3 is 2.56 bits per heavy atom. The zero-order valence-corrected chi connectivity index (χ0v) is 20.9. The van der Waals surface area contributed by atoms with Crippen LogP contribution < -0.4 is 19.5 Å². The van der Waals surface area contributed by atoms with Crippen molar-refractivity contribution in [3.05, 3.63) is 48.2 Å². The molecule has 0 aliphatic carbocycles. The van der Waals surface area contributed by atoms with Gasteiger partial charge in [0.1, 0.15) is 22.8 Å². The van der Waals surface area contributed by atoms with E-state index in [9.17, 15) is 4.79 Å². The van der Waals surface area contributed by atoms with E-state index in [-0.39, 0.29) is 5.91 Å². The van der Waals surface area contributed by atoms with E-state index in [0.29, 0.717) is 30.2 Å². The molecule has 7 heteroatoms. The second-order valence-corrected chi connectivity index (χ2v) is 8.27. The molecule has 1 aromatic heterocycles. The average Bonchev–Trinajstić information content (AvgIpc) is 3.23. The molecule has 0 aliphatic rings. The average molecular weight is 467 g/mol. The van der Waals surface area contributed by atoms with Crippen molar-refractivity contribution in [2.45, 2.75) is 20.3 Å². The highest BCUT2D eigenvalue weighted by Gasteiger charge is 2.18. The van der Waals surface area contributed by atoms with Crippen LogP contribution in [-0.2, 0) is 4.79 Å². The normalized spacial score (nSPS) is 11.7. The zero-order chi connectivity index (χ0) is 24.7. The van der Waals surface area contributed by atoms with E-state index in [1.54, 1.807) is 26.6 Å². The molecule has 3 aromatic rings. The summed E-state index contributed by atoms with van der Waals surface area (Å²) in [4.78, 5) is 14.6. The lowest BCUT2D eigenvalue weighted by atomic mass is 9.98. The van der Waals surface area contributed by atoms with Gasteiger partial charge in [0.25, 0.3) is 0 Å². The molecule has 0 aliphatic heterocycles. The second kappa shape index (κ2) is 11.6. The fourth-order valence-corrected chi connectivity index (χ4v) is 3.80. The van der Waals surface area contributed by atoms with Crippen LogP contribution in [0.25, 0.3) is 27.7 Å². The summed E-state index contributed by atoms with van der Waals surface area (Å²) in [6, 6.07) is 9.52. The SMILES string of the molecule is CCOc1cc2occ(-c3cc(OC)ccc3OC)c2cc1/C(C)=C/C(=O)NCCCN(C)C. The molecule has 0 unspecified atom stereocenters. The summed E-state index contributed by atoms with van der Waals surface area (Å²) in [5, 5.41) is 3.85. The molecular formula is C27H34N2O5. The van der Waals surface area contributed by atoms with E-state index in [4.69, 9.17) is 18.6 Å². The number of ether oxygens (including phenoxy) is 3. The van der Waals surface area contributed by atoms with Gasteiger partial charge >= 0.3 is 0 Å². The summed E-state index contributed by atoms with van der Waals surface area (Å²) in [6.07, 6.45) is 4.21. The Balaban J connectivity index is 2.00. The standard InChI is InChI=1S/C27H34N2O5/c1-7-33-25-16-26-22(15-20(25)18(2)13-27(30)28-11-8-12-29(3)4)23(17-34-26)21-14-19(31-5)9-10-24(21)32-6/h9-10,13-17H,7-8,11-12H2,1-6H3,(H,28,30)/b18-13+. The van der Waals surface area contributed by atoms with Crippen LogP contribution in [0.2, 0.25) is 0 Å². The Bertz CT molecular complexity index is 1160. The molecule has 0 bridgehead atoms. The number of amides is 1. The van der Waals surface area contributed by atoms with Gasteiger partial charge in [-0.25, -0.2) is 0 Å². The van der Waals surface area contributed by atoms with E-state index in [0.717, 1.165) is 46.4 Å². The number of methoxy groups -OCH3 is 2. The van der Waals surface area contributed by atoms with Crippen molar-refractivity contribution >= 4 is 22.4 Å². The second-order valence-electron chi connectivity index (χ2n) is 8.27. The van der Waals surface area contributed by atoms with Gasteiger partial charge in [0.2, 0.25) is 5.91 Å². The first-order chi connectivity index (χ1) is 16.4. The van der Waals surface area contributed by atoms with Crippen LogP contribution >= 0.6 is 0 Å². The first kappa shape index (κ1) is 25.2. The van der Waals surface area contributed by atoms with Gasteiger partial charge in [0.05, 0.1) is 27.1 Å². The van der Waals surface area contributed by atoms with Crippen molar-refractivity contribution in [2.24, 2.45) is 0 Å². The minimum absolute atomic E-state index is 0.124. The lowest BCUT2D eigenvalue weighted by molar-refractivity contribution is -0.116. The predicted molar refractivity (Wildman–Crippen MR) is 136 cm³/mol. The van der Waals surface area contributed by atoms with Gasteiger partial charge in [-0.1, -0.05) is 0 Å². The van der Waals surface area contributed by atoms with Crippen LogP contribution in [0.5, 0.6) is 17.2 Å². The Morgan fingerprint density at radius 1 is 1.09 bits per heavy atom. The molecule has 7 nitrogen and oxygen atoms in total. The molecule has 1 heterocycles. The molecule has 0 saturated heterocycles. The summed E-state index contributed by atoms with van der Waals surface area (Å²) in [7, 11) is 7.30. The molecule has 3 rings (SSSR count). The Hall–Kier alpha value is -3.45. The highest BCUT2D eigenvalue weighted by molar-refractivity contribution is 6.01. The maximum absolute atomic E-state index is 12.5. The smallest absolute Gasteiger partial charge is 0.244 e. The van der Waals surface area contributed by atoms with Gasteiger partial charge < -0.3 is 28.8 Å². The third-order valence-corrected chi connectivity index (χ3v) is 5.53. The number of carbonyl (C=O) groups excluding carboxylic acids is 1. The third-order valence-electron chi connectivity index (χ3n) is 5.53. The topological polar surface area (TPSA) is 73.2 Å². The van der Waals surface area contributed by atoms with Gasteiger partial charge in [-0.2, -0.15) is 0 Å². The van der Waals surface area contributed by atoms with Crippen molar-refractivity contribution in [1.82, 2.24) is 10.2 Å². The number of hydrogen-bond donors (Lipinski definition) is 1. The minimum Gasteiger partial charge on any atom is -0.497 e. The molecule has 34 heavy (non-hydrogen) atoms. The molecule has 2 aromatic carbocycles. The van der Waals surface area contributed by atoms with E-state index in [2.05, 4.69) is 10.2 Å². The molecule has 182 valence electrons. The maximum atomic E-state index is 12.5. The van der Waals surface area contributed by atoms with Gasteiger partial charge in [0.15, 0.2) is 0 Å². The molecule has 0 fully saturated rings. The van der Waals surface area contributed by atoms with E-state index < -0.39 is 0 Å². The van der Waals surface area contributed by atoms with Gasteiger partial charge in [-0.15, -0.1) is 0 Å². The molecule has 1 N–H and O–H groups in total. The maximum Gasteiger partial charge on any atom is 0.244 e. The summed E-state index contributed by atoms with van der Waals surface area (Å²) in [5.41, 5.74) is 4.06. The summed E-state index contributed by atoms with van der Waals surface area (Å²) < 4.78 is 22.8. The summed E-state index contributed by atoms with van der Waals surface area (Å²) in [6.45, 7) is 5.89. The van der Waals surface area contributed by atoms with Crippen LogP contribution in [0.15, 0.2) is 47.1 Å². The van der Waals surface area contributed by atoms with Crippen molar-refractivity contribution in [3.8, 4) is 28.4 Å². The number of rotatable bonds is 11. The zero-order valence-electron chi connectivity index (χ0n) is 20.9. The van der Waals surface area contributed by atoms with E-state index >= 15 is 0 Å². The highest BCUT2D eigenvalue weighted by Crippen LogP contribution is 2.41. The predicted octanol–water partition coefficient (Wildman–Crippen LogP) is 4.99. The highest BCUT2D eigenvalue weighted by atomic mass is 16.5. The van der Waals surface area contributed by atoms with Crippen molar-refractivity contribution in [1.29, 1.82) is 0 Å². The lowest BCUT2D eigenvalue weighted by Crippen LogP contribution is -2.25. The van der Waals surface area contributed by atoms with Crippen LogP contribution in [0, 0.1) is 0 Å². The monoisotopic (exact) mass is 466 g/mol. The van der Waals surface area contributed by atoms with Gasteiger partial charge in [0, 0.05) is 40.8 Å². The molecular weight excluding hydrogens is 432 g/mol. The molecule has 0 atom stereocenters. The van der Waals surface area contributed by atoms with Crippen molar-refractivity contribution in [2.75, 3.05) is 48.0 Å². The van der Waals surface area contributed by atoms with Crippen LogP contribution in [-0.4, -0.2) is 58.8 Å². The quantitative estimate of drug-likeness (QED) is 0.317. The summed E-state index contributed by atoms with van der Waals surface area (Å²) >= 11 is 0. The largest absolute Gasteiger partial charge is 0.497 e. The number of nitrogens with one attached hydrogen (secondary N) is 1. The Labute approximate surface area is 201 Å². The lowest BCUT2D eigenvalue weighted by Gasteiger charge is -2.13. The fraction of sp³-hybridized carbons (Fsp3) is 0.370. The number of hydrogen-bond acceptors (Lipinski definition) is 6. The van der Waals surface area contributed by atoms with E-state index in [1.165, 1.54) is 0 Å². The van der Waals surface area contributed by atoms with Crippen molar-refractivity contribution < 1.29 is 23.4 Å². The first-order valence-electron chi connectivity index (χ1n) is 11.4. The van der Waals surface area contributed by atoms with E-state index in [1.807, 2.05) is 58.3 Å². The van der Waals surface area contributed by atoms with Gasteiger partial charge in [-0.3, -0.25) is 4.79 Å². The van der Waals surface area contributed by atoms with Crippen LogP contribution in [0.1, 0.15) is 25.8 Å². The Kier molecular flexibility index (Phi) is 8.60. The number of furan rings is 1. The number of nitrogens with zero attached hydrogens (tertiary/aromatic N) is 1. The summed E-state index contributed by atoms with van der Waals surface area (Å²) in [5.74, 6) is 1.98. The Morgan fingerprint density at radius 2 is 1.88 bits per heavy atom. The number of allylic oxidation sites excluding steroid dienone is 1. The van der Waals surface area contributed by atoms with Gasteiger partial charge in [-0.05, 0) is 70.7 Å². The van der Waals surface area contributed by atoms with Crippen LogP contribution in [0.4, 0.5) is 0 Å². The third kappa shape index (κ3) is 5.91. The van der Waals surface area contributed by atoms with Crippen molar-refractivity contribution in [3.63, 3.8) is 0 Å². The number of benzene rings is 2. The molecule has 0 saturated carbocycles. The minimum atomic E-state index is -0.124. The molecule has 0 spiro atoms. The van der Waals surface area contributed by atoms with Crippen LogP contribution in [0.3, 0.4) is 0 Å². The number of carbonyl (C=O) groups is 1. The number of fused-ring (bicyclic) bond motifs is 1. The molecule has 0 radical (unpaired) electrons. The fourth-order valence-electron chi connectivity index (χ4n) is 3.80.